The first-order chi connectivity index (χ1) is 10.7. The lowest BCUT2D eigenvalue weighted by Gasteiger charge is -2.26. The van der Waals surface area contributed by atoms with Gasteiger partial charge in [-0.1, -0.05) is 29.8 Å². The molecule has 3 aromatic rings. The van der Waals surface area contributed by atoms with E-state index in [0.717, 1.165) is 28.6 Å². The van der Waals surface area contributed by atoms with Crippen molar-refractivity contribution in [3.8, 4) is 0 Å². The summed E-state index contributed by atoms with van der Waals surface area (Å²) in [6, 6.07) is 7.80. The van der Waals surface area contributed by atoms with Crippen LogP contribution in [0.2, 0.25) is 5.02 Å². The normalized spacial score (nSPS) is 14.4. The van der Waals surface area contributed by atoms with Crippen molar-refractivity contribution < 1.29 is 4.79 Å². The maximum Gasteiger partial charge on any atom is 0.272 e. The van der Waals surface area contributed by atoms with E-state index in [9.17, 15) is 4.79 Å². The molecule has 4 rings (SSSR count). The summed E-state index contributed by atoms with van der Waals surface area (Å²) in [7, 11) is 1.88. The van der Waals surface area contributed by atoms with Gasteiger partial charge in [-0.25, -0.2) is 0 Å². The zero-order valence-corrected chi connectivity index (χ0v) is 12.9. The zero-order chi connectivity index (χ0) is 15.3. The van der Waals surface area contributed by atoms with Crippen molar-refractivity contribution in [1.82, 2.24) is 19.7 Å². The van der Waals surface area contributed by atoms with Crippen molar-refractivity contribution in [1.29, 1.82) is 0 Å². The SMILES string of the molecule is Cn1c(C(=O)N2CCc3[nH]ncc3C2)c(Cl)c2ccccc21. The van der Waals surface area contributed by atoms with Crippen molar-refractivity contribution in [2.75, 3.05) is 6.54 Å². The molecule has 0 atom stereocenters. The van der Waals surface area contributed by atoms with Crippen molar-refractivity contribution in [2.45, 2.75) is 13.0 Å². The van der Waals surface area contributed by atoms with Gasteiger partial charge in [-0.3, -0.25) is 9.89 Å². The van der Waals surface area contributed by atoms with E-state index < -0.39 is 0 Å². The predicted octanol–water partition coefficient (Wildman–Crippen LogP) is 2.75. The fourth-order valence-electron chi connectivity index (χ4n) is 3.13. The van der Waals surface area contributed by atoms with Crippen LogP contribution in [0.25, 0.3) is 10.9 Å². The van der Waals surface area contributed by atoms with Crippen LogP contribution in [0.5, 0.6) is 0 Å². The van der Waals surface area contributed by atoms with E-state index >= 15 is 0 Å². The number of hydrogen-bond donors (Lipinski definition) is 1. The lowest BCUT2D eigenvalue weighted by molar-refractivity contribution is 0.0725. The predicted molar refractivity (Wildman–Crippen MR) is 85.0 cm³/mol. The van der Waals surface area contributed by atoms with Crippen molar-refractivity contribution >= 4 is 28.4 Å². The highest BCUT2D eigenvalue weighted by molar-refractivity contribution is 6.38. The summed E-state index contributed by atoms with van der Waals surface area (Å²) in [5.41, 5.74) is 3.72. The zero-order valence-electron chi connectivity index (χ0n) is 12.1. The number of carbonyl (C=O) groups is 1. The summed E-state index contributed by atoms with van der Waals surface area (Å²) < 4.78 is 1.88. The van der Waals surface area contributed by atoms with Gasteiger partial charge >= 0.3 is 0 Å². The van der Waals surface area contributed by atoms with Gasteiger partial charge in [0.05, 0.1) is 11.2 Å². The maximum atomic E-state index is 12.9. The van der Waals surface area contributed by atoms with Gasteiger partial charge in [0.2, 0.25) is 0 Å². The number of carbonyl (C=O) groups excluding carboxylic acids is 1. The van der Waals surface area contributed by atoms with Gasteiger partial charge in [0, 0.05) is 48.7 Å². The first-order valence-electron chi connectivity index (χ1n) is 7.20. The molecule has 0 fully saturated rings. The smallest absolute Gasteiger partial charge is 0.272 e. The van der Waals surface area contributed by atoms with Crippen LogP contribution in [0.4, 0.5) is 0 Å². The van der Waals surface area contributed by atoms with Crippen LogP contribution in [-0.4, -0.2) is 32.1 Å². The molecule has 2 aromatic heterocycles. The third-order valence-electron chi connectivity index (χ3n) is 4.34. The van der Waals surface area contributed by atoms with Gasteiger partial charge in [-0.2, -0.15) is 5.10 Å². The number of rotatable bonds is 1. The molecule has 112 valence electrons. The number of halogens is 1. The molecule has 1 aliphatic rings. The van der Waals surface area contributed by atoms with Gasteiger partial charge < -0.3 is 9.47 Å². The third-order valence-corrected chi connectivity index (χ3v) is 4.72. The number of nitrogens with zero attached hydrogens (tertiary/aromatic N) is 3. The molecule has 1 aromatic carbocycles. The van der Waals surface area contributed by atoms with E-state index in [1.807, 2.05) is 40.8 Å². The minimum absolute atomic E-state index is 0.0319. The molecule has 0 radical (unpaired) electrons. The average molecular weight is 315 g/mol. The standard InChI is InChI=1S/C16H15ClN4O/c1-20-13-5-3-2-4-11(13)14(17)15(20)16(22)21-7-6-12-10(9-21)8-18-19-12/h2-5,8H,6-7,9H2,1H3,(H,18,19). The molecule has 0 spiro atoms. The van der Waals surface area contributed by atoms with E-state index in [1.54, 1.807) is 6.20 Å². The van der Waals surface area contributed by atoms with Crippen molar-refractivity contribution in [3.63, 3.8) is 0 Å². The Kier molecular flexibility index (Phi) is 2.97. The molecule has 6 heteroatoms. The molecular weight excluding hydrogens is 300 g/mol. The third kappa shape index (κ3) is 1.85. The Morgan fingerprint density at radius 2 is 2.18 bits per heavy atom. The Morgan fingerprint density at radius 1 is 1.36 bits per heavy atom. The number of para-hydroxylation sites is 1. The number of aromatic nitrogens is 3. The highest BCUT2D eigenvalue weighted by Crippen LogP contribution is 2.31. The van der Waals surface area contributed by atoms with Gasteiger partial charge in [0.25, 0.3) is 5.91 Å². The van der Waals surface area contributed by atoms with Crippen LogP contribution in [0.3, 0.4) is 0 Å². The summed E-state index contributed by atoms with van der Waals surface area (Å²) in [4.78, 5) is 14.8. The van der Waals surface area contributed by atoms with E-state index in [2.05, 4.69) is 10.2 Å². The van der Waals surface area contributed by atoms with Crippen LogP contribution in [-0.2, 0) is 20.0 Å². The second-order valence-corrected chi connectivity index (χ2v) is 5.97. The highest BCUT2D eigenvalue weighted by atomic mass is 35.5. The molecule has 5 nitrogen and oxygen atoms in total. The van der Waals surface area contributed by atoms with Crippen molar-refractivity contribution in [3.05, 3.63) is 52.4 Å². The lowest BCUT2D eigenvalue weighted by atomic mass is 10.1. The number of H-pyrrole nitrogens is 1. The molecule has 0 saturated heterocycles. The second-order valence-electron chi connectivity index (χ2n) is 5.59. The van der Waals surface area contributed by atoms with E-state index in [1.165, 1.54) is 0 Å². The van der Waals surface area contributed by atoms with Crippen LogP contribution >= 0.6 is 11.6 Å². The molecule has 1 N–H and O–H groups in total. The molecule has 1 amide bonds. The summed E-state index contributed by atoms with van der Waals surface area (Å²) in [5.74, 6) is -0.0319. The first-order valence-corrected chi connectivity index (χ1v) is 7.58. The largest absolute Gasteiger partial charge is 0.338 e. The van der Waals surface area contributed by atoms with Crippen LogP contribution in [0, 0.1) is 0 Å². The molecular formula is C16H15ClN4O. The van der Waals surface area contributed by atoms with Crippen LogP contribution in [0.1, 0.15) is 21.7 Å². The van der Waals surface area contributed by atoms with Crippen molar-refractivity contribution in [2.24, 2.45) is 7.05 Å². The van der Waals surface area contributed by atoms with Crippen LogP contribution < -0.4 is 0 Å². The Hall–Kier alpha value is -2.27. The number of hydrogen-bond acceptors (Lipinski definition) is 2. The number of benzene rings is 1. The molecule has 0 bridgehead atoms. The highest BCUT2D eigenvalue weighted by Gasteiger charge is 2.27. The number of nitrogens with one attached hydrogen (secondary N) is 1. The van der Waals surface area contributed by atoms with E-state index in [4.69, 9.17) is 11.6 Å². The molecule has 0 saturated carbocycles. The molecule has 3 heterocycles. The molecule has 0 unspecified atom stereocenters. The number of fused-ring (bicyclic) bond motifs is 2. The molecule has 1 aliphatic heterocycles. The Balaban J connectivity index is 1.75. The van der Waals surface area contributed by atoms with Gasteiger partial charge in [-0.15, -0.1) is 0 Å². The quantitative estimate of drug-likeness (QED) is 0.751. The topological polar surface area (TPSA) is 53.9 Å². The summed E-state index contributed by atoms with van der Waals surface area (Å²) in [5, 5.41) is 8.47. The maximum absolute atomic E-state index is 12.9. The Labute approximate surface area is 132 Å². The number of aryl methyl sites for hydroxylation is 1. The van der Waals surface area contributed by atoms with Gasteiger partial charge in [0.1, 0.15) is 5.69 Å². The van der Waals surface area contributed by atoms with E-state index in [-0.39, 0.29) is 5.91 Å². The van der Waals surface area contributed by atoms with Gasteiger partial charge in [-0.05, 0) is 6.07 Å². The summed E-state index contributed by atoms with van der Waals surface area (Å²) in [6.45, 7) is 1.24. The molecule has 22 heavy (non-hydrogen) atoms. The number of aromatic amines is 1. The fraction of sp³-hybridized carbons (Fsp3) is 0.250. The first kappa shape index (κ1) is 13.4. The van der Waals surface area contributed by atoms with Gasteiger partial charge in [0.15, 0.2) is 0 Å². The second kappa shape index (κ2) is 4.88. The minimum Gasteiger partial charge on any atom is -0.338 e. The fourth-order valence-corrected chi connectivity index (χ4v) is 3.50. The minimum atomic E-state index is -0.0319. The Morgan fingerprint density at radius 3 is 3.00 bits per heavy atom. The summed E-state index contributed by atoms with van der Waals surface area (Å²) >= 11 is 6.47. The van der Waals surface area contributed by atoms with Crippen LogP contribution in [0.15, 0.2) is 30.5 Å². The summed E-state index contributed by atoms with van der Waals surface area (Å²) in [6.07, 6.45) is 2.58. The van der Waals surface area contributed by atoms with E-state index in [0.29, 0.717) is 23.8 Å². The Bertz CT molecular complexity index is 841. The lowest BCUT2D eigenvalue weighted by Crippen LogP contribution is -2.36. The monoisotopic (exact) mass is 314 g/mol. The number of amides is 1. The average Bonchev–Trinajstić information content (AvgIpc) is 3.10. The molecule has 0 aliphatic carbocycles.